The molecule has 0 unspecified atom stereocenters. The Morgan fingerprint density at radius 3 is 2.50 bits per heavy atom. The van der Waals surface area contributed by atoms with Crippen LogP contribution in [0.25, 0.3) is 0 Å². The van der Waals surface area contributed by atoms with Crippen LogP contribution < -0.4 is 5.32 Å². The van der Waals surface area contributed by atoms with Crippen LogP contribution in [-0.4, -0.2) is 19.2 Å². The SMILES string of the molecule is CC(C)CCCOCc1ccc(CCNC2CC2)cc1. The second-order valence-electron chi connectivity index (χ2n) is 6.38. The second kappa shape index (κ2) is 8.43. The van der Waals surface area contributed by atoms with Crippen molar-refractivity contribution in [1.82, 2.24) is 5.32 Å². The normalized spacial score (nSPS) is 14.9. The van der Waals surface area contributed by atoms with E-state index in [1.54, 1.807) is 0 Å². The predicted molar refractivity (Wildman–Crippen MR) is 84.9 cm³/mol. The van der Waals surface area contributed by atoms with E-state index in [0.717, 1.165) is 38.1 Å². The molecule has 2 heteroatoms. The Labute approximate surface area is 123 Å². The highest BCUT2D eigenvalue weighted by atomic mass is 16.5. The van der Waals surface area contributed by atoms with Crippen molar-refractivity contribution in [2.24, 2.45) is 5.92 Å². The van der Waals surface area contributed by atoms with Crippen molar-refractivity contribution in [2.45, 2.75) is 58.6 Å². The molecule has 1 aliphatic carbocycles. The van der Waals surface area contributed by atoms with Crippen molar-refractivity contribution in [2.75, 3.05) is 13.2 Å². The van der Waals surface area contributed by atoms with E-state index >= 15 is 0 Å². The van der Waals surface area contributed by atoms with Crippen molar-refractivity contribution in [3.05, 3.63) is 35.4 Å². The van der Waals surface area contributed by atoms with E-state index in [2.05, 4.69) is 43.4 Å². The smallest absolute Gasteiger partial charge is 0.0716 e. The van der Waals surface area contributed by atoms with Crippen LogP contribution in [0.4, 0.5) is 0 Å². The van der Waals surface area contributed by atoms with Crippen LogP contribution in [0.1, 0.15) is 50.7 Å². The first-order valence-corrected chi connectivity index (χ1v) is 8.13. The van der Waals surface area contributed by atoms with E-state index in [4.69, 9.17) is 4.74 Å². The van der Waals surface area contributed by atoms with E-state index in [-0.39, 0.29) is 0 Å². The van der Waals surface area contributed by atoms with Crippen molar-refractivity contribution in [1.29, 1.82) is 0 Å². The highest BCUT2D eigenvalue weighted by Gasteiger charge is 2.19. The fraction of sp³-hybridized carbons (Fsp3) is 0.667. The monoisotopic (exact) mass is 275 g/mol. The zero-order valence-corrected chi connectivity index (χ0v) is 13.0. The van der Waals surface area contributed by atoms with Crippen molar-refractivity contribution >= 4 is 0 Å². The Kier molecular flexibility index (Phi) is 6.55. The van der Waals surface area contributed by atoms with Gasteiger partial charge in [-0.1, -0.05) is 38.1 Å². The van der Waals surface area contributed by atoms with E-state index in [1.165, 1.54) is 36.8 Å². The number of rotatable bonds is 10. The van der Waals surface area contributed by atoms with E-state index in [1.807, 2.05) is 0 Å². The Balaban J connectivity index is 1.58. The molecule has 1 aromatic rings. The largest absolute Gasteiger partial charge is 0.377 e. The van der Waals surface area contributed by atoms with Crippen LogP contribution in [0.5, 0.6) is 0 Å². The summed E-state index contributed by atoms with van der Waals surface area (Å²) in [6, 6.07) is 9.69. The molecular weight excluding hydrogens is 246 g/mol. The summed E-state index contributed by atoms with van der Waals surface area (Å²) in [4.78, 5) is 0. The van der Waals surface area contributed by atoms with Gasteiger partial charge in [0.1, 0.15) is 0 Å². The van der Waals surface area contributed by atoms with Gasteiger partial charge in [-0.2, -0.15) is 0 Å². The zero-order chi connectivity index (χ0) is 14.2. The summed E-state index contributed by atoms with van der Waals surface area (Å²) in [6.45, 7) is 7.26. The standard InChI is InChI=1S/C18H29NO/c1-15(2)4-3-13-20-14-17-7-5-16(6-8-17)11-12-19-18-9-10-18/h5-8,15,18-19H,3-4,9-14H2,1-2H3. The van der Waals surface area contributed by atoms with Gasteiger partial charge < -0.3 is 10.1 Å². The summed E-state index contributed by atoms with van der Waals surface area (Å²) in [5.74, 6) is 0.780. The van der Waals surface area contributed by atoms with Gasteiger partial charge in [0.15, 0.2) is 0 Å². The molecule has 0 radical (unpaired) electrons. The summed E-state index contributed by atoms with van der Waals surface area (Å²) in [6.07, 6.45) is 6.29. The lowest BCUT2D eigenvalue weighted by molar-refractivity contribution is 0.115. The van der Waals surface area contributed by atoms with Crippen LogP contribution in [0.15, 0.2) is 24.3 Å². The molecule has 1 N–H and O–H groups in total. The van der Waals surface area contributed by atoms with Gasteiger partial charge in [0.25, 0.3) is 0 Å². The van der Waals surface area contributed by atoms with Gasteiger partial charge >= 0.3 is 0 Å². The van der Waals surface area contributed by atoms with Gasteiger partial charge in [-0.3, -0.25) is 0 Å². The highest BCUT2D eigenvalue weighted by Crippen LogP contribution is 2.18. The van der Waals surface area contributed by atoms with Gasteiger partial charge in [-0.25, -0.2) is 0 Å². The first kappa shape index (κ1) is 15.5. The average Bonchev–Trinajstić information content (AvgIpc) is 3.24. The number of hydrogen-bond donors (Lipinski definition) is 1. The topological polar surface area (TPSA) is 21.3 Å². The molecule has 112 valence electrons. The lowest BCUT2D eigenvalue weighted by atomic mass is 10.1. The Morgan fingerprint density at radius 1 is 1.15 bits per heavy atom. The van der Waals surface area contributed by atoms with Crippen LogP contribution in [0.3, 0.4) is 0 Å². The van der Waals surface area contributed by atoms with Crippen molar-refractivity contribution < 1.29 is 4.74 Å². The number of hydrogen-bond acceptors (Lipinski definition) is 2. The predicted octanol–water partition coefficient (Wildman–Crippen LogP) is 3.93. The molecule has 0 aromatic heterocycles. The number of ether oxygens (including phenoxy) is 1. The Hall–Kier alpha value is -0.860. The van der Waals surface area contributed by atoms with Crippen LogP contribution in [0, 0.1) is 5.92 Å². The molecule has 0 atom stereocenters. The highest BCUT2D eigenvalue weighted by molar-refractivity contribution is 5.22. The lowest BCUT2D eigenvalue weighted by Gasteiger charge is -2.07. The third kappa shape index (κ3) is 6.53. The number of benzene rings is 1. The van der Waals surface area contributed by atoms with E-state index in [9.17, 15) is 0 Å². The Bertz CT molecular complexity index is 368. The van der Waals surface area contributed by atoms with E-state index < -0.39 is 0 Å². The molecule has 2 rings (SSSR count). The minimum atomic E-state index is 0.749. The quantitative estimate of drug-likeness (QED) is 0.653. The van der Waals surface area contributed by atoms with Crippen molar-refractivity contribution in [3.63, 3.8) is 0 Å². The zero-order valence-electron chi connectivity index (χ0n) is 13.0. The van der Waals surface area contributed by atoms with Gasteiger partial charge in [-0.05, 0) is 55.7 Å². The maximum absolute atomic E-state index is 5.72. The molecule has 0 bridgehead atoms. The molecule has 0 amide bonds. The third-order valence-electron chi connectivity index (χ3n) is 3.79. The first-order chi connectivity index (χ1) is 9.74. The molecule has 0 heterocycles. The molecule has 1 saturated carbocycles. The lowest BCUT2D eigenvalue weighted by Crippen LogP contribution is -2.19. The maximum atomic E-state index is 5.72. The summed E-state index contributed by atoms with van der Waals surface area (Å²) in [7, 11) is 0. The van der Waals surface area contributed by atoms with Gasteiger partial charge in [-0.15, -0.1) is 0 Å². The van der Waals surface area contributed by atoms with Gasteiger partial charge in [0.05, 0.1) is 6.61 Å². The fourth-order valence-electron chi connectivity index (χ4n) is 2.29. The first-order valence-electron chi connectivity index (χ1n) is 8.13. The molecule has 1 aliphatic rings. The molecular formula is C18H29NO. The van der Waals surface area contributed by atoms with Gasteiger partial charge in [0, 0.05) is 12.6 Å². The van der Waals surface area contributed by atoms with Crippen molar-refractivity contribution in [3.8, 4) is 0 Å². The number of nitrogens with one attached hydrogen (secondary N) is 1. The average molecular weight is 275 g/mol. The maximum Gasteiger partial charge on any atom is 0.0716 e. The molecule has 0 saturated heterocycles. The summed E-state index contributed by atoms with van der Waals surface area (Å²) < 4.78 is 5.72. The molecule has 2 nitrogen and oxygen atoms in total. The Morgan fingerprint density at radius 2 is 1.85 bits per heavy atom. The molecule has 1 fully saturated rings. The second-order valence-corrected chi connectivity index (χ2v) is 6.38. The fourth-order valence-corrected chi connectivity index (χ4v) is 2.29. The van der Waals surface area contributed by atoms with E-state index in [0.29, 0.717) is 0 Å². The summed E-state index contributed by atoms with van der Waals surface area (Å²) in [5.41, 5.74) is 2.70. The van der Waals surface area contributed by atoms with Crippen LogP contribution in [0.2, 0.25) is 0 Å². The third-order valence-corrected chi connectivity index (χ3v) is 3.79. The minimum Gasteiger partial charge on any atom is -0.377 e. The molecule has 20 heavy (non-hydrogen) atoms. The minimum absolute atomic E-state index is 0.749. The molecule has 0 aliphatic heterocycles. The molecule has 1 aromatic carbocycles. The van der Waals surface area contributed by atoms with Crippen LogP contribution in [-0.2, 0) is 17.8 Å². The van der Waals surface area contributed by atoms with Crippen LogP contribution >= 0.6 is 0 Å². The summed E-state index contributed by atoms with van der Waals surface area (Å²) >= 11 is 0. The summed E-state index contributed by atoms with van der Waals surface area (Å²) in [5, 5.41) is 3.55. The van der Waals surface area contributed by atoms with Gasteiger partial charge in [0.2, 0.25) is 0 Å². The molecule has 0 spiro atoms.